The maximum atomic E-state index is 5.05. The number of ether oxygens (including phenoxy) is 1. The van der Waals surface area contributed by atoms with Gasteiger partial charge in [-0.3, -0.25) is 4.99 Å². The summed E-state index contributed by atoms with van der Waals surface area (Å²) in [5.41, 5.74) is 2.60. The number of rotatable bonds is 10. The molecule has 6 heteroatoms. The number of nitrogens with one attached hydrogen (secondary N) is 2. The van der Waals surface area contributed by atoms with Gasteiger partial charge in [0, 0.05) is 53.1 Å². The number of benzene rings is 1. The van der Waals surface area contributed by atoms with E-state index >= 15 is 0 Å². The topological polar surface area (TPSA) is 48.9 Å². The van der Waals surface area contributed by atoms with Crippen molar-refractivity contribution >= 4 is 35.6 Å². The molecule has 0 amide bonds. The van der Waals surface area contributed by atoms with Crippen LogP contribution in [0.15, 0.2) is 29.3 Å². The minimum Gasteiger partial charge on any atom is -0.385 e. The highest BCUT2D eigenvalue weighted by Crippen LogP contribution is 2.13. The second-order valence-corrected chi connectivity index (χ2v) is 5.70. The number of nitrogens with zero attached hydrogens (tertiary/aromatic N) is 2. The van der Waals surface area contributed by atoms with Crippen LogP contribution in [0.1, 0.15) is 25.3 Å². The molecule has 0 bridgehead atoms. The predicted molar refractivity (Wildman–Crippen MR) is 115 cm³/mol. The van der Waals surface area contributed by atoms with Gasteiger partial charge in [-0.15, -0.1) is 24.0 Å². The van der Waals surface area contributed by atoms with Crippen LogP contribution in [0.5, 0.6) is 0 Å². The third kappa shape index (κ3) is 9.97. The Kier molecular flexibility index (Phi) is 13.7. The zero-order valence-corrected chi connectivity index (χ0v) is 17.8. The number of guanidine groups is 1. The molecule has 0 unspecified atom stereocenters. The molecule has 1 rings (SSSR count). The molecule has 0 aliphatic rings. The lowest BCUT2D eigenvalue weighted by molar-refractivity contribution is 0.195. The second-order valence-electron chi connectivity index (χ2n) is 5.70. The first-order valence-corrected chi connectivity index (χ1v) is 8.44. The van der Waals surface area contributed by atoms with Crippen molar-refractivity contribution in [2.75, 3.05) is 52.3 Å². The lowest BCUT2D eigenvalue weighted by Crippen LogP contribution is -2.38. The molecule has 1 aromatic rings. The van der Waals surface area contributed by atoms with Gasteiger partial charge in [-0.05, 0) is 43.9 Å². The van der Waals surface area contributed by atoms with E-state index < -0.39 is 0 Å². The normalized spacial score (nSPS) is 10.9. The Bertz CT molecular complexity index is 449. The van der Waals surface area contributed by atoms with E-state index in [1.54, 1.807) is 7.11 Å². The highest BCUT2D eigenvalue weighted by atomic mass is 127. The van der Waals surface area contributed by atoms with E-state index in [4.69, 9.17) is 4.74 Å². The summed E-state index contributed by atoms with van der Waals surface area (Å²) < 4.78 is 5.05. The van der Waals surface area contributed by atoms with E-state index in [2.05, 4.69) is 65.8 Å². The van der Waals surface area contributed by atoms with E-state index in [1.165, 1.54) is 11.3 Å². The van der Waals surface area contributed by atoms with Gasteiger partial charge in [0.05, 0.1) is 0 Å². The van der Waals surface area contributed by atoms with Crippen molar-refractivity contribution in [3.63, 3.8) is 0 Å². The van der Waals surface area contributed by atoms with Gasteiger partial charge in [-0.25, -0.2) is 0 Å². The van der Waals surface area contributed by atoms with Crippen LogP contribution in [0.4, 0.5) is 5.69 Å². The molecule has 5 nitrogen and oxygen atoms in total. The smallest absolute Gasteiger partial charge is 0.191 e. The van der Waals surface area contributed by atoms with Crippen LogP contribution in [0.2, 0.25) is 0 Å². The van der Waals surface area contributed by atoms with Gasteiger partial charge in [-0.1, -0.05) is 12.1 Å². The molecule has 0 heterocycles. The van der Waals surface area contributed by atoms with Crippen molar-refractivity contribution in [3.8, 4) is 0 Å². The van der Waals surface area contributed by atoms with Gasteiger partial charge < -0.3 is 20.3 Å². The van der Waals surface area contributed by atoms with Gasteiger partial charge in [0.15, 0.2) is 5.96 Å². The molecular weight excluding hydrogens is 415 g/mol. The van der Waals surface area contributed by atoms with Gasteiger partial charge in [0.1, 0.15) is 0 Å². The molecule has 0 atom stereocenters. The van der Waals surface area contributed by atoms with Crippen LogP contribution >= 0.6 is 24.0 Å². The third-order valence-electron chi connectivity index (χ3n) is 3.51. The van der Waals surface area contributed by atoms with Gasteiger partial charge in [-0.2, -0.15) is 0 Å². The summed E-state index contributed by atoms with van der Waals surface area (Å²) in [5.74, 6) is 0.895. The van der Waals surface area contributed by atoms with Gasteiger partial charge in [0.2, 0.25) is 0 Å². The molecule has 0 radical (unpaired) electrons. The fraction of sp³-hybridized carbons (Fsp3) is 0.611. The van der Waals surface area contributed by atoms with Crippen LogP contribution in [0, 0.1) is 0 Å². The Morgan fingerprint density at radius 1 is 1.12 bits per heavy atom. The number of anilines is 1. The average molecular weight is 448 g/mol. The van der Waals surface area contributed by atoms with Crippen molar-refractivity contribution < 1.29 is 4.74 Å². The molecule has 0 fully saturated rings. The van der Waals surface area contributed by atoms with Crippen LogP contribution < -0.4 is 15.5 Å². The number of hydrogen-bond acceptors (Lipinski definition) is 3. The summed E-state index contributed by atoms with van der Waals surface area (Å²) in [6, 6.07) is 8.74. The predicted octanol–water partition coefficient (Wildman–Crippen LogP) is 2.89. The number of aryl methyl sites for hydroxylation is 1. The van der Waals surface area contributed by atoms with Crippen LogP contribution in [0.3, 0.4) is 0 Å². The SMILES string of the molecule is CCNC(=NCCCc1ccc(N(C)C)cc1)NCCCOC.I. The van der Waals surface area contributed by atoms with Crippen molar-refractivity contribution in [1.82, 2.24) is 10.6 Å². The summed E-state index contributed by atoms with van der Waals surface area (Å²) in [6.07, 6.45) is 3.09. The Hall–Kier alpha value is -1.02. The maximum Gasteiger partial charge on any atom is 0.191 e. The molecule has 24 heavy (non-hydrogen) atoms. The Morgan fingerprint density at radius 3 is 2.42 bits per heavy atom. The standard InChI is InChI=1S/C18H32N4O.HI/c1-5-19-18(21-14-7-15-23-4)20-13-6-8-16-9-11-17(12-10-16)22(2)3;/h9-12H,5-8,13-15H2,1-4H3,(H2,19,20,21);1H. The molecular formula is C18H33IN4O. The van der Waals surface area contributed by atoms with Crippen molar-refractivity contribution in [1.29, 1.82) is 0 Å². The van der Waals surface area contributed by atoms with E-state index in [9.17, 15) is 0 Å². The molecule has 138 valence electrons. The molecule has 0 saturated heterocycles. The van der Waals surface area contributed by atoms with Gasteiger partial charge >= 0.3 is 0 Å². The van der Waals surface area contributed by atoms with Crippen molar-refractivity contribution in [3.05, 3.63) is 29.8 Å². The Labute approximate surface area is 164 Å². The number of hydrogen-bond donors (Lipinski definition) is 2. The lowest BCUT2D eigenvalue weighted by atomic mass is 10.1. The number of methoxy groups -OCH3 is 1. The minimum atomic E-state index is 0. The zero-order valence-electron chi connectivity index (χ0n) is 15.5. The molecule has 2 N–H and O–H groups in total. The average Bonchev–Trinajstić information content (AvgIpc) is 2.55. The van der Waals surface area contributed by atoms with Crippen molar-refractivity contribution in [2.45, 2.75) is 26.2 Å². The van der Waals surface area contributed by atoms with Crippen LogP contribution in [0.25, 0.3) is 0 Å². The Morgan fingerprint density at radius 2 is 1.83 bits per heavy atom. The second kappa shape index (κ2) is 14.3. The third-order valence-corrected chi connectivity index (χ3v) is 3.51. The summed E-state index contributed by atoms with van der Waals surface area (Å²) in [6.45, 7) is 5.44. The molecule has 0 spiro atoms. The molecule has 1 aromatic carbocycles. The summed E-state index contributed by atoms with van der Waals surface area (Å²) >= 11 is 0. The first kappa shape index (κ1) is 23.0. The highest BCUT2D eigenvalue weighted by molar-refractivity contribution is 14.0. The molecule has 0 aliphatic carbocycles. The fourth-order valence-corrected chi connectivity index (χ4v) is 2.20. The first-order valence-electron chi connectivity index (χ1n) is 8.44. The highest BCUT2D eigenvalue weighted by Gasteiger charge is 1.98. The molecule has 0 saturated carbocycles. The van der Waals surface area contributed by atoms with E-state index in [1.807, 2.05) is 0 Å². The summed E-state index contributed by atoms with van der Waals surface area (Å²) in [4.78, 5) is 6.73. The molecule has 0 aliphatic heterocycles. The van der Waals surface area contributed by atoms with Crippen LogP contribution in [-0.2, 0) is 11.2 Å². The summed E-state index contributed by atoms with van der Waals surface area (Å²) in [5, 5.41) is 6.60. The maximum absolute atomic E-state index is 5.05. The van der Waals surface area contributed by atoms with Crippen LogP contribution in [-0.4, -0.2) is 53.4 Å². The minimum absolute atomic E-state index is 0. The van der Waals surface area contributed by atoms with E-state index in [0.717, 1.165) is 51.5 Å². The lowest BCUT2D eigenvalue weighted by Gasteiger charge is -2.12. The van der Waals surface area contributed by atoms with E-state index in [0.29, 0.717) is 0 Å². The van der Waals surface area contributed by atoms with Crippen molar-refractivity contribution in [2.24, 2.45) is 4.99 Å². The van der Waals surface area contributed by atoms with E-state index in [-0.39, 0.29) is 24.0 Å². The van der Waals surface area contributed by atoms with Gasteiger partial charge in [0.25, 0.3) is 0 Å². The fourth-order valence-electron chi connectivity index (χ4n) is 2.20. The largest absolute Gasteiger partial charge is 0.385 e. The molecule has 0 aromatic heterocycles. The quantitative estimate of drug-likeness (QED) is 0.250. The first-order chi connectivity index (χ1) is 11.2. The number of halogens is 1. The monoisotopic (exact) mass is 448 g/mol. The summed E-state index contributed by atoms with van der Waals surface area (Å²) in [7, 11) is 5.85. The zero-order chi connectivity index (χ0) is 16.9. The number of aliphatic imine (C=N–C) groups is 1. The Balaban J connectivity index is 0.00000529.